The quantitative estimate of drug-likeness (QED) is 0.597. The van der Waals surface area contributed by atoms with Crippen molar-refractivity contribution in [3.05, 3.63) is 69.8 Å². The average molecular weight is 341 g/mol. The van der Waals surface area contributed by atoms with Crippen LogP contribution in [0, 0.1) is 10.1 Å². The van der Waals surface area contributed by atoms with Crippen molar-refractivity contribution < 1.29 is 10.0 Å². The minimum atomic E-state index is -0.389. The van der Waals surface area contributed by atoms with Crippen LogP contribution in [0.3, 0.4) is 0 Å². The van der Waals surface area contributed by atoms with Crippen LogP contribution in [0.5, 0.6) is 0 Å². The lowest BCUT2D eigenvalue weighted by molar-refractivity contribution is -0.384. The smallest absolute Gasteiger partial charge is 0.292 e. The molecule has 1 atom stereocenters. The summed E-state index contributed by atoms with van der Waals surface area (Å²) in [6.07, 6.45) is 2.21. The van der Waals surface area contributed by atoms with Gasteiger partial charge in [-0.3, -0.25) is 15.0 Å². The maximum atomic E-state index is 11.2. The van der Waals surface area contributed by atoms with Gasteiger partial charge in [0.2, 0.25) is 0 Å². The van der Waals surface area contributed by atoms with Gasteiger partial charge in [-0.15, -0.1) is 0 Å². The van der Waals surface area contributed by atoms with E-state index in [2.05, 4.69) is 22.3 Å². The number of rotatable bonds is 7. The van der Waals surface area contributed by atoms with Gasteiger partial charge in [-0.1, -0.05) is 30.3 Å². The first-order chi connectivity index (χ1) is 12.2. The van der Waals surface area contributed by atoms with Crippen molar-refractivity contribution in [2.75, 3.05) is 18.4 Å². The van der Waals surface area contributed by atoms with E-state index in [1.165, 1.54) is 11.6 Å². The van der Waals surface area contributed by atoms with Gasteiger partial charge >= 0.3 is 0 Å². The summed E-state index contributed by atoms with van der Waals surface area (Å²) in [4.78, 5) is 13.2. The number of aliphatic hydroxyl groups excluding tert-OH is 1. The third kappa shape index (κ3) is 4.35. The molecule has 132 valence electrons. The van der Waals surface area contributed by atoms with E-state index in [-0.39, 0.29) is 17.2 Å². The topological polar surface area (TPSA) is 78.6 Å². The summed E-state index contributed by atoms with van der Waals surface area (Å²) in [5, 5.41) is 23.7. The number of benzene rings is 2. The van der Waals surface area contributed by atoms with Crippen LogP contribution in [0.25, 0.3) is 0 Å². The number of nitro benzene ring substituents is 1. The molecular weight excluding hydrogens is 318 g/mol. The van der Waals surface area contributed by atoms with E-state index >= 15 is 0 Å². The predicted molar refractivity (Wildman–Crippen MR) is 97.4 cm³/mol. The fourth-order valence-corrected chi connectivity index (χ4v) is 3.36. The van der Waals surface area contributed by atoms with Crippen molar-refractivity contribution in [2.45, 2.75) is 32.0 Å². The first-order valence-corrected chi connectivity index (χ1v) is 8.57. The van der Waals surface area contributed by atoms with Crippen LogP contribution in [0.1, 0.15) is 24.0 Å². The average Bonchev–Trinajstić information content (AvgIpc) is 3.07. The fraction of sp³-hybridized carbons (Fsp3) is 0.368. The molecule has 0 radical (unpaired) electrons. The van der Waals surface area contributed by atoms with Crippen molar-refractivity contribution in [2.24, 2.45) is 0 Å². The summed E-state index contributed by atoms with van der Waals surface area (Å²) >= 11 is 0. The molecule has 2 aromatic carbocycles. The van der Waals surface area contributed by atoms with Gasteiger partial charge in [0.25, 0.3) is 5.69 Å². The van der Waals surface area contributed by atoms with Gasteiger partial charge in [0.05, 0.1) is 11.5 Å². The van der Waals surface area contributed by atoms with Crippen LogP contribution in [0.4, 0.5) is 11.4 Å². The normalized spacial score (nSPS) is 17.6. The van der Waals surface area contributed by atoms with E-state index in [9.17, 15) is 15.2 Å². The molecule has 0 aromatic heterocycles. The van der Waals surface area contributed by atoms with Crippen LogP contribution in [-0.2, 0) is 13.2 Å². The highest BCUT2D eigenvalue weighted by molar-refractivity contribution is 5.62. The van der Waals surface area contributed by atoms with Crippen LogP contribution in [0.15, 0.2) is 48.5 Å². The summed E-state index contributed by atoms with van der Waals surface area (Å²) in [7, 11) is 0. The molecule has 1 fully saturated rings. The summed E-state index contributed by atoms with van der Waals surface area (Å²) in [6, 6.07) is 15.4. The van der Waals surface area contributed by atoms with Gasteiger partial charge < -0.3 is 10.4 Å². The Morgan fingerprint density at radius 2 is 2.00 bits per heavy atom. The predicted octanol–water partition coefficient (Wildman–Crippen LogP) is 3.16. The number of nitro groups is 1. The second kappa shape index (κ2) is 8.09. The van der Waals surface area contributed by atoms with E-state index in [1.807, 2.05) is 18.2 Å². The molecule has 1 aliphatic heterocycles. The second-order valence-corrected chi connectivity index (χ2v) is 6.40. The van der Waals surface area contributed by atoms with Gasteiger partial charge in [-0.25, -0.2) is 0 Å². The molecule has 0 amide bonds. The molecule has 25 heavy (non-hydrogen) atoms. The minimum Gasteiger partial charge on any atom is -0.392 e. The molecule has 1 saturated heterocycles. The van der Waals surface area contributed by atoms with E-state index < -0.39 is 0 Å². The standard InChI is InChI=1S/C19H23N3O3/c23-14-16-8-9-19(22(24)25)18(11-16)20-12-17-7-4-10-21(17)13-15-5-2-1-3-6-15/h1-3,5-6,8-9,11,17,20,23H,4,7,10,12-14H2. The first kappa shape index (κ1) is 17.4. The molecule has 3 rings (SSSR count). The minimum absolute atomic E-state index is 0.0461. The maximum absolute atomic E-state index is 11.2. The molecule has 1 aliphatic rings. The molecular formula is C19H23N3O3. The fourth-order valence-electron chi connectivity index (χ4n) is 3.36. The van der Waals surface area contributed by atoms with Crippen LogP contribution in [0.2, 0.25) is 0 Å². The summed E-state index contributed by atoms with van der Waals surface area (Å²) in [6.45, 7) is 2.46. The Morgan fingerprint density at radius 1 is 1.20 bits per heavy atom. The molecule has 0 aliphatic carbocycles. The van der Waals surface area contributed by atoms with E-state index in [1.54, 1.807) is 12.1 Å². The van der Waals surface area contributed by atoms with Crippen molar-refractivity contribution in [3.63, 3.8) is 0 Å². The SMILES string of the molecule is O=[N+]([O-])c1ccc(CO)cc1NCC1CCCN1Cc1ccccc1. The number of nitrogens with one attached hydrogen (secondary N) is 1. The van der Waals surface area contributed by atoms with E-state index in [0.29, 0.717) is 23.8 Å². The summed E-state index contributed by atoms with van der Waals surface area (Å²) in [5.41, 5.74) is 2.47. The number of nitrogens with zero attached hydrogens (tertiary/aromatic N) is 2. The Hall–Kier alpha value is -2.44. The molecule has 0 spiro atoms. The zero-order chi connectivity index (χ0) is 17.6. The monoisotopic (exact) mass is 341 g/mol. The van der Waals surface area contributed by atoms with Crippen molar-refractivity contribution in [1.29, 1.82) is 0 Å². The number of hydrogen-bond acceptors (Lipinski definition) is 5. The van der Waals surface area contributed by atoms with Gasteiger partial charge in [0.15, 0.2) is 0 Å². The molecule has 1 heterocycles. The van der Waals surface area contributed by atoms with Crippen LogP contribution >= 0.6 is 0 Å². The molecule has 1 unspecified atom stereocenters. The van der Waals surface area contributed by atoms with Crippen molar-refractivity contribution >= 4 is 11.4 Å². The first-order valence-electron chi connectivity index (χ1n) is 8.57. The van der Waals surface area contributed by atoms with E-state index in [0.717, 1.165) is 25.9 Å². The molecule has 2 aromatic rings. The van der Waals surface area contributed by atoms with Gasteiger partial charge in [0, 0.05) is 25.2 Å². The number of likely N-dealkylation sites (tertiary alicyclic amines) is 1. The molecule has 6 heteroatoms. The lowest BCUT2D eigenvalue weighted by atomic mass is 10.1. The second-order valence-electron chi connectivity index (χ2n) is 6.40. The number of hydrogen-bond donors (Lipinski definition) is 2. The Balaban J connectivity index is 1.67. The van der Waals surface area contributed by atoms with Crippen LogP contribution in [-0.4, -0.2) is 34.1 Å². The molecule has 0 saturated carbocycles. The maximum Gasteiger partial charge on any atom is 0.292 e. The number of aliphatic hydroxyl groups is 1. The highest BCUT2D eigenvalue weighted by atomic mass is 16.6. The van der Waals surface area contributed by atoms with Crippen molar-refractivity contribution in [1.82, 2.24) is 4.90 Å². The zero-order valence-electron chi connectivity index (χ0n) is 14.1. The Bertz CT molecular complexity index is 721. The summed E-state index contributed by atoms with van der Waals surface area (Å²) < 4.78 is 0. The van der Waals surface area contributed by atoms with Crippen molar-refractivity contribution in [3.8, 4) is 0 Å². The largest absolute Gasteiger partial charge is 0.392 e. The van der Waals surface area contributed by atoms with E-state index in [4.69, 9.17) is 0 Å². The molecule has 6 nitrogen and oxygen atoms in total. The summed E-state index contributed by atoms with van der Waals surface area (Å²) in [5.74, 6) is 0. The molecule has 0 bridgehead atoms. The third-order valence-electron chi connectivity index (χ3n) is 4.70. The Kier molecular flexibility index (Phi) is 5.63. The molecule has 2 N–H and O–H groups in total. The number of anilines is 1. The third-order valence-corrected chi connectivity index (χ3v) is 4.70. The Labute approximate surface area is 147 Å². The van der Waals surface area contributed by atoms with Gasteiger partial charge in [0.1, 0.15) is 5.69 Å². The lowest BCUT2D eigenvalue weighted by Gasteiger charge is -2.25. The highest BCUT2D eigenvalue weighted by Gasteiger charge is 2.25. The van der Waals surface area contributed by atoms with Gasteiger partial charge in [-0.2, -0.15) is 0 Å². The highest BCUT2D eigenvalue weighted by Crippen LogP contribution is 2.27. The Morgan fingerprint density at radius 3 is 2.72 bits per heavy atom. The lowest BCUT2D eigenvalue weighted by Crippen LogP contribution is -2.34. The van der Waals surface area contributed by atoms with Crippen LogP contribution < -0.4 is 5.32 Å². The zero-order valence-corrected chi connectivity index (χ0v) is 14.1. The van der Waals surface area contributed by atoms with Gasteiger partial charge in [-0.05, 0) is 42.6 Å².